The highest BCUT2D eigenvalue weighted by molar-refractivity contribution is 5.92. The number of para-hydroxylation sites is 1. The van der Waals surface area contributed by atoms with Gasteiger partial charge in [-0.1, -0.05) is 18.2 Å². The molecule has 4 rings (SSSR count). The van der Waals surface area contributed by atoms with Crippen molar-refractivity contribution >= 4 is 22.6 Å². The second-order valence-electron chi connectivity index (χ2n) is 7.41. The average molecular weight is 378 g/mol. The number of nitrogens with zero attached hydrogens (tertiary/aromatic N) is 4. The molecule has 1 unspecified atom stereocenters. The van der Waals surface area contributed by atoms with E-state index in [1.165, 1.54) is 0 Å². The molecule has 1 aliphatic heterocycles. The molecule has 1 aromatic carbocycles. The van der Waals surface area contributed by atoms with Crippen molar-refractivity contribution < 1.29 is 4.79 Å². The molecule has 0 aliphatic carbocycles. The van der Waals surface area contributed by atoms with Gasteiger partial charge in [0.25, 0.3) is 5.91 Å². The number of carbonyl (C=O) groups excluding carboxylic acids is 1. The van der Waals surface area contributed by atoms with Gasteiger partial charge in [0, 0.05) is 38.8 Å². The lowest BCUT2D eigenvalue weighted by Crippen LogP contribution is -2.32. The van der Waals surface area contributed by atoms with Crippen LogP contribution in [0.25, 0.3) is 10.9 Å². The van der Waals surface area contributed by atoms with E-state index in [1.54, 1.807) is 6.07 Å². The molecule has 7 heteroatoms. The van der Waals surface area contributed by atoms with Gasteiger partial charge >= 0.3 is 0 Å². The van der Waals surface area contributed by atoms with Crippen molar-refractivity contribution in [2.24, 2.45) is 0 Å². The fraction of sp³-hybridized carbons (Fsp3) is 0.381. The van der Waals surface area contributed by atoms with E-state index in [0.29, 0.717) is 18.3 Å². The van der Waals surface area contributed by atoms with E-state index in [2.05, 4.69) is 20.7 Å². The van der Waals surface area contributed by atoms with Gasteiger partial charge in [-0.3, -0.25) is 9.48 Å². The summed E-state index contributed by atoms with van der Waals surface area (Å²) in [7, 11) is 3.93. The Morgan fingerprint density at radius 3 is 2.96 bits per heavy atom. The highest BCUT2D eigenvalue weighted by Gasteiger charge is 2.18. The predicted molar refractivity (Wildman–Crippen MR) is 111 cm³/mol. The molecule has 2 aromatic heterocycles. The molecule has 1 amide bonds. The quantitative estimate of drug-likeness (QED) is 0.713. The Morgan fingerprint density at radius 2 is 2.18 bits per heavy atom. The van der Waals surface area contributed by atoms with Crippen LogP contribution in [0.15, 0.2) is 42.6 Å². The highest BCUT2D eigenvalue weighted by Crippen LogP contribution is 2.22. The zero-order chi connectivity index (χ0) is 19.5. The standard InChI is InChI=1S/C21H26N6O/c1-26(2)20-12-15(17-7-3-4-8-18(17)24-20)13-23-21(28)19-9-11-27(25-19)16-6-5-10-22-14-16/h3-4,7-9,11-12,16,22H,5-6,10,13-14H2,1-2H3,(H,23,28). The van der Waals surface area contributed by atoms with Gasteiger partial charge in [-0.2, -0.15) is 5.10 Å². The number of rotatable bonds is 5. The first-order valence-corrected chi connectivity index (χ1v) is 9.72. The number of hydrogen-bond acceptors (Lipinski definition) is 5. The van der Waals surface area contributed by atoms with Crippen LogP contribution in [0.1, 0.15) is 34.9 Å². The van der Waals surface area contributed by atoms with Crippen LogP contribution in [0.2, 0.25) is 0 Å². The van der Waals surface area contributed by atoms with Crippen molar-refractivity contribution in [3.8, 4) is 0 Å². The van der Waals surface area contributed by atoms with E-state index in [1.807, 2.05) is 60.2 Å². The Kier molecular flexibility index (Phi) is 5.25. The van der Waals surface area contributed by atoms with E-state index in [-0.39, 0.29) is 5.91 Å². The number of benzene rings is 1. The van der Waals surface area contributed by atoms with E-state index < -0.39 is 0 Å². The third-order valence-corrected chi connectivity index (χ3v) is 5.17. The summed E-state index contributed by atoms with van der Waals surface area (Å²) in [5.74, 6) is 0.715. The third-order valence-electron chi connectivity index (χ3n) is 5.17. The molecule has 2 N–H and O–H groups in total. The molecule has 1 fully saturated rings. The van der Waals surface area contributed by atoms with Crippen molar-refractivity contribution in [1.82, 2.24) is 25.4 Å². The van der Waals surface area contributed by atoms with Gasteiger partial charge in [-0.15, -0.1) is 0 Å². The van der Waals surface area contributed by atoms with E-state index in [0.717, 1.165) is 48.2 Å². The molecule has 1 aliphatic rings. The number of piperidine rings is 1. The summed E-state index contributed by atoms with van der Waals surface area (Å²) in [6.45, 7) is 2.39. The van der Waals surface area contributed by atoms with Crippen LogP contribution < -0.4 is 15.5 Å². The lowest BCUT2D eigenvalue weighted by atomic mass is 10.1. The zero-order valence-electron chi connectivity index (χ0n) is 16.4. The molecule has 146 valence electrons. The average Bonchev–Trinajstić information content (AvgIpc) is 3.22. The first kappa shape index (κ1) is 18.4. The van der Waals surface area contributed by atoms with Crippen LogP contribution in [-0.2, 0) is 6.54 Å². The number of hydrogen-bond donors (Lipinski definition) is 2. The summed E-state index contributed by atoms with van der Waals surface area (Å²) in [6, 6.07) is 12.1. The van der Waals surface area contributed by atoms with E-state index >= 15 is 0 Å². The van der Waals surface area contributed by atoms with Crippen LogP contribution in [0.3, 0.4) is 0 Å². The first-order chi connectivity index (χ1) is 13.6. The fourth-order valence-corrected chi connectivity index (χ4v) is 3.60. The molecule has 28 heavy (non-hydrogen) atoms. The Morgan fingerprint density at radius 1 is 1.32 bits per heavy atom. The van der Waals surface area contributed by atoms with E-state index in [9.17, 15) is 4.79 Å². The van der Waals surface area contributed by atoms with Gasteiger partial charge in [-0.05, 0) is 43.1 Å². The second kappa shape index (κ2) is 7.98. The second-order valence-corrected chi connectivity index (χ2v) is 7.41. The Hall–Kier alpha value is -2.93. The fourth-order valence-electron chi connectivity index (χ4n) is 3.60. The molecule has 7 nitrogen and oxygen atoms in total. The van der Waals surface area contributed by atoms with Crippen molar-refractivity contribution in [1.29, 1.82) is 0 Å². The molecule has 0 saturated carbocycles. The SMILES string of the molecule is CN(C)c1cc(CNC(=O)c2ccn(C3CCCNC3)n2)c2ccccc2n1. The number of amides is 1. The number of nitrogens with one attached hydrogen (secondary N) is 2. The Balaban J connectivity index is 1.50. The molecule has 1 atom stereocenters. The number of pyridine rings is 1. The number of carbonyl (C=O) groups is 1. The number of anilines is 1. The molecule has 3 aromatic rings. The lowest BCUT2D eigenvalue weighted by molar-refractivity contribution is 0.0944. The van der Waals surface area contributed by atoms with Gasteiger partial charge < -0.3 is 15.5 Å². The Labute approximate surface area is 164 Å². The summed E-state index contributed by atoms with van der Waals surface area (Å²) >= 11 is 0. The van der Waals surface area contributed by atoms with Crippen LogP contribution in [0, 0.1) is 0 Å². The summed E-state index contributed by atoms with van der Waals surface area (Å²) in [4.78, 5) is 19.3. The highest BCUT2D eigenvalue weighted by atomic mass is 16.1. The lowest BCUT2D eigenvalue weighted by Gasteiger charge is -2.22. The molecule has 0 bridgehead atoms. The normalized spacial score (nSPS) is 16.9. The summed E-state index contributed by atoms with van der Waals surface area (Å²) < 4.78 is 1.91. The van der Waals surface area contributed by atoms with Crippen molar-refractivity contribution in [2.75, 3.05) is 32.1 Å². The van der Waals surface area contributed by atoms with Gasteiger partial charge in [0.15, 0.2) is 0 Å². The number of fused-ring (bicyclic) bond motifs is 1. The predicted octanol–water partition coefficient (Wildman–Crippen LogP) is 2.35. The maximum Gasteiger partial charge on any atom is 0.272 e. The molecular weight excluding hydrogens is 352 g/mol. The van der Waals surface area contributed by atoms with Gasteiger partial charge in [0.2, 0.25) is 0 Å². The van der Waals surface area contributed by atoms with Crippen molar-refractivity contribution in [3.63, 3.8) is 0 Å². The molecule has 1 saturated heterocycles. The summed E-state index contributed by atoms with van der Waals surface area (Å²) in [6.07, 6.45) is 4.13. The molecule has 3 heterocycles. The monoisotopic (exact) mass is 378 g/mol. The maximum absolute atomic E-state index is 12.6. The largest absolute Gasteiger partial charge is 0.363 e. The first-order valence-electron chi connectivity index (χ1n) is 9.72. The molecule has 0 radical (unpaired) electrons. The summed E-state index contributed by atoms with van der Waals surface area (Å²) in [5.41, 5.74) is 2.42. The minimum Gasteiger partial charge on any atom is -0.363 e. The van der Waals surface area contributed by atoms with E-state index in [4.69, 9.17) is 0 Å². The number of aromatic nitrogens is 3. The van der Waals surface area contributed by atoms with Crippen LogP contribution in [-0.4, -0.2) is 47.9 Å². The molecular formula is C21H26N6O. The van der Waals surface area contributed by atoms with Gasteiger partial charge in [-0.25, -0.2) is 4.98 Å². The zero-order valence-corrected chi connectivity index (χ0v) is 16.4. The van der Waals surface area contributed by atoms with Crippen molar-refractivity contribution in [2.45, 2.75) is 25.4 Å². The third kappa shape index (κ3) is 3.84. The van der Waals surface area contributed by atoms with Crippen LogP contribution in [0.5, 0.6) is 0 Å². The summed E-state index contributed by atoms with van der Waals surface area (Å²) in [5, 5.41) is 11.9. The Bertz CT molecular complexity index is 974. The van der Waals surface area contributed by atoms with Crippen molar-refractivity contribution in [3.05, 3.63) is 53.9 Å². The van der Waals surface area contributed by atoms with Crippen LogP contribution in [0.4, 0.5) is 5.82 Å². The maximum atomic E-state index is 12.6. The smallest absolute Gasteiger partial charge is 0.272 e. The van der Waals surface area contributed by atoms with Gasteiger partial charge in [0.05, 0.1) is 11.6 Å². The molecule has 0 spiro atoms. The topological polar surface area (TPSA) is 75.1 Å². The van der Waals surface area contributed by atoms with Crippen LogP contribution >= 0.6 is 0 Å². The minimum atomic E-state index is -0.158. The van der Waals surface area contributed by atoms with Gasteiger partial charge in [0.1, 0.15) is 11.5 Å². The minimum absolute atomic E-state index is 0.158.